The topological polar surface area (TPSA) is 29.9 Å². The highest BCUT2D eigenvalue weighted by Crippen LogP contribution is 2.28. The number of hydrogen-bond donors (Lipinski definition) is 1. The smallest absolute Gasteiger partial charge is 0.0954 e. The molecule has 3 nitrogen and oxygen atoms in total. The molecule has 2 rings (SSSR count). The summed E-state index contributed by atoms with van der Waals surface area (Å²) in [7, 11) is 2.10. The van der Waals surface area contributed by atoms with Crippen LogP contribution in [0.1, 0.15) is 56.0 Å². The van der Waals surface area contributed by atoms with E-state index in [9.17, 15) is 0 Å². The van der Waals surface area contributed by atoms with Gasteiger partial charge in [-0.2, -0.15) is 0 Å². The van der Waals surface area contributed by atoms with E-state index in [1.54, 1.807) is 0 Å². The van der Waals surface area contributed by atoms with Crippen molar-refractivity contribution in [2.24, 2.45) is 0 Å². The van der Waals surface area contributed by atoms with Crippen molar-refractivity contribution in [3.05, 3.63) is 17.7 Å². The molecule has 96 valence electrons. The van der Waals surface area contributed by atoms with Crippen molar-refractivity contribution in [1.82, 2.24) is 14.9 Å². The van der Waals surface area contributed by atoms with Crippen LogP contribution in [-0.2, 0) is 0 Å². The van der Waals surface area contributed by atoms with Crippen molar-refractivity contribution in [2.45, 2.75) is 64.5 Å². The number of aromatic nitrogens is 2. The number of aryl methyl sites for hydroxylation is 1. The summed E-state index contributed by atoms with van der Waals surface area (Å²) >= 11 is 0. The monoisotopic (exact) mass is 235 g/mol. The number of hydrogen-bond acceptors (Lipinski definition) is 2. The van der Waals surface area contributed by atoms with Gasteiger partial charge in [0.2, 0.25) is 0 Å². The molecule has 0 aliphatic heterocycles. The molecule has 0 spiro atoms. The third kappa shape index (κ3) is 2.71. The summed E-state index contributed by atoms with van der Waals surface area (Å²) in [5.41, 5.74) is 2.50. The predicted molar refractivity (Wildman–Crippen MR) is 71.3 cm³/mol. The molecule has 1 aromatic rings. The highest BCUT2D eigenvalue weighted by molar-refractivity contribution is 5.10. The molecular weight excluding hydrogens is 210 g/mol. The van der Waals surface area contributed by atoms with Crippen LogP contribution < -0.4 is 5.32 Å². The second-order valence-corrected chi connectivity index (χ2v) is 5.28. The molecule has 1 aliphatic carbocycles. The van der Waals surface area contributed by atoms with Crippen molar-refractivity contribution in [1.29, 1.82) is 0 Å². The molecule has 1 heterocycles. The van der Waals surface area contributed by atoms with Crippen LogP contribution in [0.3, 0.4) is 0 Å². The normalized spacial score (nSPS) is 26.5. The minimum Gasteiger partial charge on any atom is -0.330 e. The van der Waals surface area contributed by atoms with Crippen molar-refractivity contribution >= 4 is 0 Å². The zero-order valence-electron chi connectivity index (χ0n) is 11.4. The first-order chi connectivity index (χ1) is 8.24. The van der Waals surface area contributed by atoms with Crippen LogP contribution in [0, 0.1) is 13.8 Å². The first-order valence-electron chi connectivity index (χ1n) is 6.91. The molecule has 1 aliphatic rings. The van der Waals surface area contributed by atoms with Gasteiger partial charge in [-0.3, -0.25) is 0 Å². The Kier molecular flexibility index (Phi) is 4.21. The second-order valence-electron chi connectivity index (χ2n) is 5.28. The van der Waals surface area contributed by atoms with Gasteiger partial charge in [-0.1, -0.05) is 25.7 Å². The maximum atomic E-state index is 4.45. The molecule has 0 aromatic carbocycles. The molecule has 3 heteroatoms. The molecule has 0 amide bonds. The Hall–Kier alpha value is -0.830. The summed E-state index contributed by atoms with van der Waals surface area (Å²) in [4.78, 5) is 4.45. The molecular formula is C14H25N3. The lowest BCUT2D eigenvalue weighted by Gasteiger charge is -2.31. The van der Waals surface area contributed by atoms with Gasteiger partial charge >= 0.3 is 0 Å². The molecule has 2 unspecified atom stereocenters. The maximum Gasteiger partial charge on any atom is 0.0954 e. The Bertz CT molecular complexity index is 356. The van der Waals surface area contributed by atoms with E-state index in [0.29, 0.717) is 12.1 Å². The Morgan fingerprint density at radius 2 is 1.88 bits per heavy atom. The molecule has 17 heavy (non-hydrogen) atoms. The van der Waals surface area contributed by atoms with Crippen LogP contribution in [0.4, 0.5) is 0 Å². The van der Waals surface area contributed by atoms with E-state index in [-0.39, 0.29) is 0 Å². The van der Waals surface area contributed by atoms with Crippen molar-refractivity contribution in [2.75, 3.05) is 7.05 Å². The van der Waals surface area contributed by atoms with Crippen LogP contribution in [0.5, 0.6) is 0 Å². The van der Waals surface area contributed by atoms with Gasteiger partial charge in [0.25, 0.3) is 0 Å². The fraction of sp³-hybridized carbons (Fsp3) is 0.786. The molecule has 1 saturated carbocycles. The van der Waals surface area contributed by atoms with E-state index >= 15 is 0 Å². The third-order valence-electron chi connectivity index (χ3n) is 4.24. The Labute approximate surface area is 105 Å². The standard InChI is InChI=1S/C14H25N3/c1-11-12(2)17(10-16-11)14-9-7-5-4-6-8-13(14)15-3/h10,13-15H,4-9H2,1-3H3. The Morgan fingerprint density at radius 3 is 2.47 bits per heavy atom. The van der Waals surface area contributed by atoms with E-state index in [1.807, 2.05) is 6.33 Å². The Morgan fingerprint density at radius 1 is 1.18 bits per heavy atom. The summed E-state index contributed by atoms with van der Waals surface area (Å²) in [6, 6.07) is 1.18. The van der Waals surface area contributed by atoms with Gasteiger partial charge < -0.3 is 9.88 Å². The SMILES string of the molecule is CNC1CCCCCCC1n1cnc(C)c1C. The van der Waals surface area contributed by atoms with Crippen LogP contribution in [0.25, 0.3) is 0 Å². The molecule has 1 fully saturated rings. The minimum absolute atomic E-state index is 0.585. The number of likely N-dealkylation sites (N-methyl/N-ethyl adjacent to an activating group) is 1. The summed E-state index contributed by atoms with van der Waals surface area (Å²) in [6.07, 6.45) is 10.1. The van der Waals surface area contributed by atoms with E-state index in [4.69, 9.17) is 0 Å². The molecule has 0 bridgehead atoms. The molecule has 1 N–H and O–H groups in total. The molecule has 1 aromatic heterocycles. The van der Waals surface area contributed by atoms with E-state index in [0.717, 1.165) is 0 Å². The largest absolute Gasteiger partial charge is 0.330 e. The van der Waals surface area contributed by atoms with E-state index in [2.05, 4.69) is 35.8 Å². The van der Waals surface area contributed by atoms with Crippen molar-refractivity contribution in [3.63, 3.8) is 0 Å². The molecule has 0 radical (unpaired) electrons. The van der Waals surface area contributed by atoms with Gasteiger partial charge in [0.1, 0.15) is 0 Å². The number of imidazole rings is 1. The van der Waals surface area contributed by atoms with Crippen molar-refractivity contribution in [3.8, 4) is 0 Å². The Balaban J connectivity index is 2.22. The zero-order chi connectivity index (χ0) is 12.3. The highest BCUT2D eigenvalue weighted by Gasteiger charge is 2.24. The van der Waals surface area contributed by atoms with Gasteiger partial charge in [-0.25, -0.2) is 4.98 Å². The number of nitrogens with one attached hydrogen (secondary N) is 1. The van der Waals surface area contributed by atoms with Gasteiger partial charge in [-0.15, -0.1) is 0 Å². The average Bonchev–Trinajstić information content (AvgIpc) is 2.61. The maximum absolute atomic E-state index is 4.45. The third-order valence-corrected chi connectivity index (χ3v) is 4.24. The van der Waals surface area contributed by atoms with Gasteiger partial charge in [-0.05, 0) is 33.7 Å². The molecule has 2 atom stereocenters. The highest BCUT2D eigenvalue weighted by atomic mass is 15.1. The predicted octanol–water partition coefficient (Wildman–Crippen LogP) is 2.98. The fourth-order valence-corrected chi connectivity index (χ4v) is 2.98. The van der Waals surface area contributed by atoms with Crippen LogP contribution in [0.15, 0.2) is 6.33 Å². The van der Waals surface area contributed by atoms with Gasteiger partial charge in [0, 0.05) is 11.7 Å². The first kappa shape index (κ1) is 12.6. The average molecular weight is 235 g/mol. The van der Waals surface area contributed by atoms with Crippen LogP contribution in [0.2, 0.25) is 0 Å². The fourth-order valence-electron chi connectivity index (χ4n) is 2.98. The summed E-state index contributed by atoms with van der Waals surface area (Å²) in [6.45, 7) is 4.29. The van der Waals surface area contributed by atoms with Gasteiger partial charge in [0.05, 0.1) is 18.1 Å². The lowest BCUT2D eigenvalue weighted by molar-refractivity contribution is 0.292. The van der Waals surface area contributed by atoms with Crippen LogP contribution >= 0.6 is 0 Å². The number of rotatable bonds is 2. The second kappa shape index (κ2) is 5.67. The summed E-state index contributed by atoms with van der Waals surface area (Å²) in [5.74, 6) is 0. The van der Waals surface area contributed by atoms with Gasteiger partial charge in [0.15, 0.2) is 0 Å². The first-order valence-corrected chi connectivity index (χ1v) is 6.91. The zero-order valence-corrected chi connectivity index (χ0v) is 11.4. The lowest BCUT2D eigenvalue weighted by Crippen LogP contribution is -2.36. The summed E-state index contributed by atoms with van der Waals surface area (Å²) in [5, 5.41) is 3.51. The minimum atomic E-state index is 0.585. The molecule has 0 saturated heterocycles. The lowest BCUT2D eigenvalue weighted by atomic mass is 9.92. The van der Waals surface area contributed by atoms with E-state index in [1.165, 1.54) is 49.9 Å². The quantitative estimate of drug-likeness (QED) is 0.854. The number of nitrogens with zero attached hydrogens (tertiary/aromatic N) is 2. The van der Waals surface area contributed by atoms with Crippen LogP contribution in [-0.4, -0.2) is 22.6 Å². The summed E-state index contributed by atoms with van der Waals surface area (Å²) < 4.78 is 2.39. The van der Waals surface area contributed by atoms with E-state index < -0.39 is 0 Å². The van der Waals surface area contributed by atoms with Crippen molar-refractivity contribution < 1.29 is 0 Å².